The Morgan fingerprint density at radius 1 is 1.43 bits per heavy atom. The second-order valence-corrected chi connectivity index (χ2v) is 4.84. The molecule has 0 saturated heterocycles. The highest BCUT2D eigenvalue weighted by molar-refractivity contribution is 5.81. The van der Waals surface area contributed by atoms with Gasteiger partial charge < -0.3 is 9.64 Å². The van der Waals surface area contributed by atoms with Crippen molar-refractivity contribution >= 4 is 17.3 Å². The minimum absolute atomic E-state index is 0.191. The Labute approximate surface area is 122 Å². The van der Waals surface area contributed by atoms with E-state index in [1.165, 1.54) is 23.1 Å². The average molecular weight is 291 g/mol. The average Bonchev–Trinajstić information content (AvgIpc) is 2.44. The number of nitro benzene ring substituents is 1. The van der Waals surface area contributed by atoms with E-state index < -0.39 is 16.9 Å². The van der Waals surface area contributed by atoms with Crippen LogP contribution in [0.1, 0.15) is 26.3 Å². The van der Waals surface area contributed by atoms with E-state index in [1.807, 2.05) is 6.07 Å². The van der Waals surface area contributed by atoms with Crippen LogP contribution in [0.5, 0.6) is 0 Å². The quantitative estimate of drug-likeness (QED) is 0.469. The van der Waals surface area contributed by atoms with E-state index in [2.05, 4.69) is 0 Å². The summed E-state index contributed by atoms with van der Waals surface area (Å²) < 4.78 is 5.10. The number of nitriles is 1. The number of anilines is 1. The molecule has 0 fully saturated rings. The van der Waals surface area contributed by atoms with E-state index in [4.69, 9.17) is 10.00 Å². The van der Waals surface area contributed by atoms with Gasteiger partial charge in [0.2, 0.25) is 0 Å². The number of carbonyl (C=O) groups excluding carboxylic acids is 1. The SMILES string of the molecule is CC(C)OC(=O)C(C)N(C)c1ccc(C#N)cc1[N+](=O)[O-]. The normalized spacial score (nSPS) is 11.6. The zero-order valence-electron chi connectivity index (χ0n) is 12.4. The summed E-state index contributed by atoms with van der Waals surface area (Å²) in [5.41, 5.74) is 0.226. The molecule has 1 aromatic rings. The van der Waals surface area contributed by atoms with Gasteiger partial charge in [-0.05, 0) is 32.9 Å². The molecule has 0 aliphatic heterocycles. The predicted octanol–water partition coefficient (Wildman–Crippen LogP) is 2.24. The largest absolute Gasteiger partial charge is 0.461 e. The first-order chi connectivity index (χ1) is 9.77. The van der Waals surface area contributed by atoms with Crippen LogP contribution in [0.15, 0.2) is 18.2 Å². The molecule has 0 aromatic heterocycles. The van der Waals surface area contributed by atoms with Crippen LogP contribution in [0.2, 0.25) is 0 Å². The van der Waals surface area contributed by atoms with Crippen LogP contribution in [0.4, 0.5) is 11.4 Å². The number of rotatable bonds is 5. The molecule has 0 saturated carbocycles. The third-order valence-corrected chi connectivity index (χ3v) is 2.96. The Morgan fingerprint density at radius 2 is 2.05 bits per heavy atom. The highest BCUT2D eigenvalue weighted by Crippen LogP contribution is 2.29. The van der Waals surface area contributed by atoms with E-state index in [-0.39, 0.29) is 23.0 Å². The van der Waals surface area contributed by atoms with Gasteiger partial charge in [-0.15, -0.1) is 0 Å². The number of likely N-dealkylation sites (N-methyl/N-ethyl adjacent to an activating group) is 1. The van der Waals surface area contributed by atoms with Crippen LogP contribution < -0.4 is 4.90 Å². The number of hydrogen-bond acceptors (Lipinski definition) is 6. The second kappa shape index (κ2) is 6.70. The number of carbonyl (C=O) groups is 1. The van der Waals surface area contributed by atoms with Crippen molar-refractivity contribution in [2.24, 2.45) is 0 Å². The molecule has 0 radical (unpaired) electrons. The smallest absolute Gasteiger partial charge is 0.328 e. The fourth-order valence-electron chi connectivity index (χ4n) is 1.73. The van der Waals surface area contributed by atoms with E-state index in [9.17, 15) is 14.9 Å². The Bertz CT molecular complexity index is 592. The van der Waals surface area contributed by atoms with Gasteiger partial charge in [0.25, 0.3) is 5.69 Å². The molecule has 1 rings (SSSR count). The zero-order chi connectivity index (χ0) is 16.2. The maximum atomic E-state index is 11.9. The predicted molar refractivity (Wildman–Crippen MR) is 76.9 cm³/mol. The lowest BCUT2D eigenvalue weighted by atomic mass is 10.1. The van der Waals surface area contributed by atoms with Gasteiger partial charge in [0.1, 0.15) is 11.7 Å². The lowest BCUT2D eigenvalue weighted by molar-refractivity contribution is -0.384. The molecule has 112 valence electrons. The van der Waals surface area contributed by atoms with Gasteiger partial charge in [0.05, 0.1) is 22.7 Å². The summed E-state index contributed by atoms with van der Waals surface area (Å²) in [5.74, 6) is -0.467. The van der Waals surface area contributed by atoms with Gasteiger partial charge >= 0.3 is 5.97 Å². The molecule has 0 spiro atoms. The first-order valence-electron chi connectivity index (χ1n) is 6.39. The Hall–Kier alpha value is -2.62. The van der Waals surface area contributed by atoms with Crippen LogP contribution in [0.3, 0.4) is 0 Å². The molecule has 0 aliphatic rings. The molecular weight excluding hydrogens is 274 g/mol. The van der Waals surface area contributed by atoms with Gasteiger partial charge in [-0.3, -0.25) is 10.1 Å². The van der Waals surface area contributed by atoms with Crippen LogP contribution in [0, 0.1) is 21.4 Å². The molecule has 0 aliphatic carbocycles. The van der Waals surface area contributed by atoms with Crippen molar-refractivity contribution in [2.45, 2.75) is 32.9 Å². The van der Waals surface area contributed by atoms with Crippen molar-refractivity contribution < 1.29 is 14.5 Å². The number of ether oxygens (including phenoxy) is 1. The molecule has 0 bridgehead atoms. The highest BCUT2D eigenvalue weighted by atomic mass is 16.6. The molecule has 7 nitrogen and oxygen atoms in total. The lowest BCUT2D eigenvalue weighted by Gasteiger charge is -2.25. The van der Waals surface area contributed by atoms with Crippen molar-refractivity contribution in [3.8, 4) is 6.07 Å². The summed E-state index contributed by atoms with van der Waals surface area (Å²) in [5, 5.41) is 19.9. The third-order valence-electron chi connectivity index (χ3n) is 2.96. The Kier molecular flexibility index (Phi) is 5.24. The Morgan fingerprint density at radius 3 is 2.52 bits per heavy atom. The molecule has 1 atom stereocenters. The molecule has 21 heavy (non-hydrogen) atoms. The zero-order valence-corrected chi connectivity index (χ0v) is 12.4. The molecule has 7 heteroatoms. The first kappa shape index (κ1) is 16.4. The topological polar surface area (TPSA) is 96.5 Å². The van der Waals surface area contributed by atoms with Crippen LogP contribution in [-0.4, -0.2) is 30.1 Å². The Balaban J connectivity index is 3.12. The van der Waals surface area contributed by atoms with Crippen LogP contribution in [-0.2, 0) is 9.53 Å². The summed E-state index contributed by atoms with van der Waals surface area (Å²) in [4.78, 5) is 23.9. The fourth-order valence-corrected chi connectivity index (χ4v) is 1.73. The van der Waals surface area contributed by atoms with Crippen molar-refractivity contribution in [1.29, 1.82) is 5.26 Å². The highest BCUT2D eigenvalue weighted by Gasteiger charge is 2.26. The van der Waals surface area contributed by atoms with Gasteiger partial charge in [-0.1, -0.05) is 0 Å². The maximum Gasteiger partial charge on any atom is 0.328 e. The van der Waals surface area contributed by atoms with Crippen molar-refractivity contribution in [2.75, 3.05) is 11.9 Å². The van der Waals surface area contributed by atoms with Crippen LogP contribution in [0.25, 0.3) is 0 Å². The minimum Gasteiger partial charge on any atom is -0.461 e. The van der Waals surface area contributed by atoms with Crippen molar-refractivity contribution in [3.05, 3.63) is 33.9 Å². The third kappa shape index (κ3) is 3.92. The molecule has 0 amide bonds. The number of nitro groups is 1. The summed E-state index contributed by atoms with van der Waals surface area (Å²) in [6, 6.07) is 5.28. The van der Waals surface area contributed by atoms with Crippen molar-refractivity contribution in [3.63, 3.8) is 0 Å². The molecule has 1 unspecified atom stereocenters. The molecule has 0 heterocycles. The van der Waals surface area contributed by atoms with Gasteiger partial charge in [0, 0.05) is 13.1 Å². The van der Waals surface area contributed by atoms with E-state index in [0.29, 0.717) is 0 Å². The lowest BCUT2D eigenvalue weighted by Crippen LogP contribution is -2.38. The van der Waals surface area contributed by atoms with Gasteiger partial charge in [0.15, 0.2) is 0 Å². The summed E-state index contributed by atoms with van der Waals surface area (Å²) >= 11 is 0. The maximum absolute atomic E-state index is 11.9. The van der Waals surface area contributed by atoms with E-state index in [0.717, 1.165) is 0 Å². The van der Waals surface area contributed by atoms with Crippen molar-refractivity contribution in [1.82, 2.24) is 0 Å². The van der Waals surface area contributed by atoms with Crippen LogP contribution >= 0.6 is 0 Å². The standard InChI is InChI=1S/C14H17N3O4/c1-9(2)21-14(18)10(3)16(4)12-6-5-11(8-15)7-13(12)17(19)20/h5-7,9-10H,1-4H3. The summed E-state index contributed by atoms with van der Waals surface area (Å²) in [6.45, 7) is 5.07. The van der Waals surface area contributed by atoms with Gasteiger partial charge in [-0.25, -0.2) is 4.79 Å². The van der Waals surface area contributed by atoms with E-state index >= 15 is 0 Å². The molecule has 1 aromatic carbocycles. The monoisotopic (exact) mass is 291 g/mol. The molecular formula is C14H17N3O4. The molecule has 0 N–H and O–H groups in total. The number of benzene rings is 1. The second-order valence-electron chi connectivity index (χ2n) is 4.84. The van der Waals surface area contributed by atoms with E-state index in [1.54, 1.807) is 27.8 Å². The fraction of sp³-hybridized carbons (Fsp3) is 0.429. The number of esters is 1. The summed E-state index contributed by atoms with van der Waals surface area (Å²) in [7, 11) is 1.57. The first-order valence-corrected chi connectivity index (χ1v) is 6.39. The minimum atomic E-state index is -0.681. The summed E-state index contributed by atoms with van der Waals surface area (Å²) in [6.07, 6.45) is -0.260. The number of nitrogens with zero attached hydrogens (tertiary/aromatic N) is 3. The number of hydrogen-bond donors (Lipinski definition) is 0. The van der Waals surface area contributed by atoms with Gasteiger partial charge in [-0.2, -0.15) is 5.26 Å².